The van der Waals surface area contributed by atoms with Crippen molar-refractivity contribution in [2.24, 2.45) is 0 Å². The zero-order valence-corrected chi connectivity index (χ0v) is 13.3. The molecular weight excluding hydrogens is 276 g/mol. The summed E-state index contributed by atoms with van der Waals surface area (Å²) < 4.78 is 0. The van der Waals surface area contributed by atoms with Gasteiger partial charge in [-0.25, -0.2) is 20.4 Å². The zero-order valence-electron chi connectivity index (χ0n) is 13.3. The van der Waals surface area contributed by atoms with Gasteiger partial charge in [-0.1, -0.05) is 58.7 Å². The second-order valence-electron chi connectivity index (χ2n) is 4.96. The van der Waals surface area contributed by atoms with Crippen molar-refractivity contribution < 1.29 is 9.59 Å². The molecular formula is C18H20N2O2. The molecule has 0 fully saturated rings. The predicted octanol–water partition coefficient (Wildman–Crippen LogP) is 4.39. The van der Waals surface area contributed by atoms with E-state index in [1.807, 2.05) is 0 Å². The van der Waals surface area contributed by atoms with Crippen molar-refractivity contribution in [3.63, 3.8) is 0 Å². The smallest absolute Gasteiger partial charge is 0.222 e. The highest BCUT2D eigenvalue weighted by atomic mass is 16.1. The van der Waals surface area contributed by atoms with Crippen LogP contribution < -0.4 is 0 Å². The Morgan fingerprint density at radius 3 is 0.955 bits per heavy atom. The molecule has 0 saturated carbocycles. The molecule has 22 heavy (non-hydrogen) atoms. The highest BCUT2D eigenvalue weighted by Crippen LogP contribution is 2.24. The summed E-state index contributed by atoms with van der Waals surface area (Å²) >= 11 is 0. The van der Waals surface area contributed by atoms with Crippen LogP contribution in [-0.2, 0) is 9.59 Å². The van der Waals surface area contributed by atoms with Crippen molar-refractivity contribution in [3.8, 4) is 11.1 Å². The van der Waals surface area contributed by atoms with Gasteiger partial charge in [0.1, 0.15) is 0 Å². The third-order valence-corrected chi connectivity index (χ3v) is 2.78. The van der Waals surface area contributed by atoms with E-state index in [1.165, 1.54) is 33.4 Å². The summed E-state index contributed by atoms with van der Waals surface area (Å²) in [4.78, 5) is 16.7. The molecule has 4 heteroatoms. The number of carbonyl (C=O) groups excluding carboxylic acids is 2. The van der Waals surface area contributed by atoms with Gasteiger partial charge in [-0.05, 0) is 38.8 Å². The quantitative estimate of drug-likeness (QED) is 0.604. The van der Waals surface area contributed by atoms with E-state index in [4.69, 9.17) is 20.4 Å². The van der Waals surface area contributed by atoms with Gasteiger partial charge in [-0.3, -0.25) is 0 Å². The lowest BCUT2D eigenvalue weighted by Gasteiger charge is -2.07. The third kappa shape index (κ3) is 7.11. The number of aryl methyl sites for hydroxylation is 4. The summed E-state index contributed by atoms with van der Waals surface area (Å²) in [5, 5.41) is 10.8. The number of benzene rings is 2. The van der Waals surface area contributed by atoms with E-state index in [0.29, 0.717) is 0 Å². The highest BCUT2D eigenvalue weighted by molar-refractivity contribution is 5.66. The lowest BCUT2D eigenvalue weighted by atomic mass is 9.98. The summed E-state index contributed by atoms with van der Waals surface area (Å²) in [7, 11) is 0. The molecule has 0 amide bonds. The molecule has 2 aromatic rings. The minimum atomic E-state index is 0.750. The average Bonchev–Trinajstić information content (AvgIpc) is 2.38. The normalized spacial score (nSPS) is 8.36. The van der Waals surface area contributed by atoms with Crippen molar-refractivity contribution in [1.29, 1.82) is 10.8 Å². The molecule has 0 atom stereocenters. The molecule has 0 aliphatic heterocycles. The Hall–Kier alpha value is -2.80. The van der Waals surface area contributed by atoms with Crippen molar-refractivity contribution in [2.45, 2.75) is 27.7 Å². The Kier molecular flexibility index (Phi) is 8.73. The maximum absolute atomic E-state index is 8.35. The van der Waals surface area contributed by atoms with Gasteiger partial charge in [0.05, 0.1) is 0 Å². The summed E-state index contributed by atoms with van der Waals surface area (Å²) in [5.41, 5.74) is 7.96. The van der Waals surface area contributed by atoms with Gasteiger partial charge < -0.3 is 0 Å². The van der Waals surface area contributed by atoms with Gasteiger partial charge in [0.25, 0.3) is 0 Å². The van der Waals surface area contributed by atoms with E-state index < -0.39 is 0 Å². The van der Waals surface area contributed by atoms with E-state index in [9.17, 15) is 0 Å². The Bertz CT molecular complexity index is 592. The van der Waals surface area contributed by atoms with Crippen molar-refractivity contribution in [3.05, 3.63) is 58.7 Å². The largest absolute Gasteiger partial charge is 0.231 e. The molecule has 0 saturated heterocycles. The molecule has 0 heterocycles. The van der Waals surface area contributed by atoms with Gasteiger partial charge in [0.2, 0.25) is 12.2 Å². The average molecular weight is 296 g/mol. The molecule has 0 spiro atoms. The Labute approximate surface area is 130 Å². The minimum Gasteiger partial charge on any atom is -0.222 e. The number of hydrogen-bond acceptors (Lipinski definition) is 4. The van der Waals surface area contributed by atoms with Crippen molar-refractivity contribution >= 4 is 12.2 Å². The molecule has 0 unspecified atom stereocenters. The van der Waals surface area contributed by atoms with Gasteiger partial charge in [0.15, 0.2) is 0 Å². The molecule has 0 radical (unpaired) electrons. The van der Waals surface area contributed by atoms with E-state index >= 15 is 0 Å². The fourth-order valence-corrected chi connectivity index (χ4v) is 2.28. The van der Waals surface area contributed by atoms with Gasteiger partial charge in [-0.15, -0.1) is 0 Å². The molecule has 114 valence electrons. The SMILES string of the molecule is Cc1cc(C)cc(-c2cc(C)cc(C)c2)c1.N=C=O.N=C=O. The van der Waals surface area contributed by atoms with Crippen molar-refractivity contribution in [1.82, 2.24) is 0 Å². The minimum absolute atomic E-state index is 0.750. The van der Waals surface area contributed by atoms with Gasteiger partial charge in [0, 0.05) is 0 Å². The van der Waals surface area contributed by atoms with E-state index in [2.05, 4.69) is 64.1 Å². The van der Waals surface area contributed by atoms with Crippen LogP contribution in [0.3, 0.4) is 0 Å². The molecule has 0 bridgehead atoms. The zero-order chi connectivity index (χ0) is 17.1. The molecule has 2 aromatic carbocycles. The number of hydrogen-bond donors (Lipinski definition) is 2. The monoisotopic (exact) mass is 296 g/mol. The topological polar surface area (TPSA) is 81.8 Å². The summed E-state index contributed by atoms with van der Waals surface area (Å²) in [6.45, 7) is 8.61. The first-order valence-corrected chi connectivity index (χ1v) is 6.62. The molecule has 0 aliphatic carbocycles. The molecule has 0 aliphatic rings. The summed E-state index contributed by atoms with van der Waals surface area (Å²) in [6, 6.07) is 13.4. The van der Waals surface area contributed by atoms with Crippen LogP contribution in [0.4, 0.5) is 0 Å². The lowest BCUT2D eigenvalue weighted by molar-refractivity contribution is 0.562. The second kappa shape index (κ2) is 10.0. The number of isocyanates is 2. The second-order valence-corrected chi connectivity index (χ2v) is 4.96. The number of rotatable bonds is 1. The lowest BCUT2D eigenvalue weighted by Crippen LogP contribution is -1.85. The first kappa shape index (κ1) is 19.2. The first-order chi connectivity index (χ1) is 10.4. The van der Waals surface area contributed by atoms with Crippen LogP contribution in [-0.4, -0.2) is 12.2 Å². The first-order valence-electron chi connectivity index (χ1n) is 6.62. The van der Waals surface area contributed by atoms with Crippen LogP contribution in [0.5, 0.6) is 0 Å². The van der Waals surface area contributed by atoms with Crippen LogP contribution in [0.15, 0.2) is 36.4 Å². The van der Waals surface area contributed by atoms with E-state index in [0.717, 1.165) is 12.2 Å². The van der Waals surface area contributed by atoms with Crippen molar-refractivity contribution in [2.75, 3.05) is 0 Å². The molecule has 2 N–H and O–H groups in total. The Balaban J connectivity index is 0.000000639. The standard InChI is InChI=1S/C16H18.2CHNO/c1-11-5-12(2)8-15(7-11)16-9-13(3)6-14(4)10-16;2*2-1-3/h5-10H,1-4H3;2*2H. The van der Waals surface area contributed by atoms with Gasteiger partial charge in [-0.2, -0.15) is 0 Å². The van der Waals surface area contributed by atoms with E-state index in [-0.39, 0.29) is 0 Å². The maximum atomic E-state index is 8.35. The third-order valence-electron chi connectivity index (χ3n) is 2.78. The predicted molar refractivity (Wildman–Crippen MR) is 87.7 cm³/mol. The highest BCUT2D eigenvalue weighted by Gasteiger charge is 2.01. The summed E-state index contributed by atoms with van der Waals surface area (Å²) in [6.07, 6.45) is 1.50. The van der Waals surface area contributed by atoms with Crippen LogP contribution in [0.25, 0.3) is 11.1 Å². The molecule has 2 rings (SSSR count). The Morgan fingerprint density at radius 1 is 0.591 bits per heavy atom. The van der Waals surface area contributed by atoms with E-state index in [1.54, 1.807) is 0 Å². The fourth-order valence-electron chi connectivity index (χ4n) is 2.28. The maximum Gasteiger partial charge on any atom is 0.231 e. The van der Waals surface area contributed by atoms with Crippen LogP contribution >= 0.6 is 0 Å². The molecule has 4 nitrogen and oxygen atoms in total. The Morgan fingerprint density at radius 2 is 0.773 bits per heavy atom. The number of nitrogens with one attached hydrogen (secondary N) is 2. The molecule has 0 aromatic heterocycles. The van der Waals surface area contributed by atoms with Crippen LogP contribution in [0, 0.1) is 38.5 Å². The van der Waals surface area contributed by atoms with Crippen LogP contribution in [0.1, 0.15) is 22.3 Å². The summed E-state index contributed by atoms with van der Waals surface area (Å²) in [5.74, 6) is 0. The van der Waals surface area contributed by atoms with Crippen LogP contribution in [0.2, 0.25) is 0 Å². The van der Waals surface area contributed by atoms with Gasteiger partial charge >= 0.3 is 0 Å². The fraction of sp³-hybridized carbons (Fsp3) is 0.222.